The second kappa shape index (κ2) is 10.3. The van der Waals surface area contributed by atoms with Gasteiger partial charge in [0.2, 0.25) is 5.95 Å². The van der Waals surface area contributed by atoms with Crippen LogP contribution in [0.3, 0.4) is 0 Å². The minimum atomic E-state index is -0.725. The monoisotopic (exact) mass is 458 g/mol. The number of urea groups is 1. The number of halogens is 2. The Labute approximate surface area is 193 Å². The lowest BCUT2D eigenvalue weighted by Crippen LogP contribution is -2.36. The number of carbonyl (C=O) groups excluding carboxylic acids is 1. The van der Waals surface area contributed by atoms with Crippen molar-refractivity contribution in [2.75, 3.05) is 36.2 Å². The number of aromatic nitrogens is 2. The van der Waals surface area contributed by atoms with Gasteiger partial charge in [0.15, 0.2) is 0 Å². The van der Waals surface area contributed by atoms with Gasteiger partial charge < -0.3 is 20.9 Å². The highest BCUT2D eigenvalue weighted by Crippen LogP contribution is 2.30. The molecular formula is C24H32F2N6O. The van der Waals surface area contributed by atoms with Crippen molar-refractivity contribution >= 4 is 23.5 Å². The number of anilines is 3. The molecule has 2 aliphatic rings. The molecule has 2 aliphatic carbocycles. The Kier molecular flexibility index (Phi) is 7.25. The maximum Gasteiger partial charge on any atom is 0.319 e. The van der Waals surface area contributed by atoms with Gasteiger partial charge in [-0.15, -0.1) is 0 Å². The molecule has 1 fully saturated rings. The van der Waals surface area contributed by atoms with E-state index in [-0.39, 0.29) is 5.69 Å². The molecule has 2 aromatic rings. The number of benzene rings is 1. The van der Waals surface area contributed by atoms with Crippen molar-refractivity contribution in [2.24, 2.45) is 5.92 Å². The van der Waals surface area contributed by atoms with Crippen LogP contribution in [0.4, 0.5) is 31.0 Å². The predicted octanol–water partition coefficient (Wildman–Crippen LogP) is 4.49. The summed E-state index contributed by atoms with van der Waals surface area (Å²) in [6, 6.07) is 2.79. The Morgan fingerprint density at radius 2 is 1.73 bits per heavy atom. The first-order valence-corrected chi connectivity index (χ1v) is 11.7. The number of fused-ring (bicyclic) bond motifs is 1. The van der Waals surface area contributed by atoms with Crippen LogP contribution in [-0.2, 0) is 12.8 Å². The molecule has 9 heteroatoms. The summed E-state index contributed by atoms with van der Waals surface area (Å²) in [5, 5.41) is 8.83. The van der Waals surface area contributed by atoms with Crippen LogP contribution in [0.1, 0.15) is 49.8 Å². The normalized spacial score (nSPS) is 20.0. The molecule has 178 valence electrons. The molecule has 0 bridgehead atoms. The lowest BCUT2D eigenvalue weighted by atomic mass is 9.86. The summed E-state index contributed by atoms with van der Waals surface area (Å²) >= 11 is 0. The van der Waals surface area contributed by atoms with Crippen molar-refractivity contribution in [3.05, 3.63) is 41.1 Å². The third-order valence-electron chi connectivity index (χ3n) is 6.44. The fraction of sp³-hybridized carbons (Fsp3) is 0.542. The maximum absolute atomic E-state index is 13.3. The molecular weight excluding hydrogens is 426 g/mol. The average molecular weight is 459 g/mol. The van der Waals surface area contributed by atoms with E-state index in [2.05, 4.69) is 20.9 Å². The largest absolute Gasteiger partial charge is 0.362 e. The molecule has 2 amide bonds. The molecule has 1 aromatic carbocycles. The van der Waals surface area contributed by atoms with Crippen LogP contribution in [0.2, 0.25) is 0 Å². The third kappa shape index (κ3) is 6.09. The topological polar surface area (TPSA) is 82.2 Å². The van der Waals surface area contributed by atoms with E-state index in [0.717, 1.165) is 62.5 Å². The Morgan fingerprint density at radius 3 is 2.42 bits per heavy atom. The molecule has 0 radical (unpaired) electrons. The zero-order valence-electron chi connectivity index (χ0n) is 19.3. The smallest absolute Gasteiger partial charge is 0.319 e. The van der Waals surface area contributed by atoms with Gasteiger partial charge in [0.1, 0.15) is 17.5 Å². The van der Waals surface area contributed by atoms with Gasteiger partial charge in [0, 0.05) is 44.0 Å². The van der Waals surface area contributed by atoms with Gasteiger partial charge in [0.05, 0.1) is 5.69 Å². The van der Waals surface area contributed by atoms with Crippen LogP contribution in [0.15, 0.2) is 18.2 Å². The Hall–Kier alpha value is -2.97. The maximum atomic E-state index is 13.3. The van der Waals surface area contributed by atoms with Crippen molar-refractivity contribution in [3.63, 3.8) is 0 Å². The number of hydrogen-bond acceptors (Lipinski definition) is 5. The molecule has 1 aromatic heterocycles. The second-order valence-electron chi connectivity index (χ2n) is 9.25. The van der Waals surface area contributed by atoms with Gasteiger partial charge in [-0.2, -0.15) is 4.98 Å². The molecule has 3 N–H and O–H groups in total. The second-order valence-corrected chi connectivity index (χ2v) is 9.25. The van der Waals surface area contributed by atoms with E-state index in [1.807, 2.05) is 14.1 Å². The zero-order chi connectivity index (χ0) is 23.4. The quantitative estimate of drug-likeness (QED) is 0.594. The summed E-state index contributed by atoms with van der Waals surface area (Å²) in [6.45, 7) is 0.524. The summed E-state index contributed by atoms with van der Waals surface area (Å²) in [5.74, 6) is 0.639. The number of rotatable bonds is 6. The molecule has 0 atom stereocenters. The lowest BCUT2D eigenvalue weighted by Gasteiger charge is -2.30. The fourth-order valence-electron chi connectivity index (χ4n) is 4.74. The Balaban J connectivity index is 1.25. The van der Waals surface area contributed by atoms with Gasteiger partial charge in [-0.05, 0) is 69.4 Å². The molecule has 4 rings (SSSR count). The fourth-order valence-corrected chi connectivity index (χ4v) is 4.74. The standard InChI is InChI=1S/C24H32F2N6O/c1-32(2)22-20-5-3-4-6-21(20)30-23(31-22)28-18-9-7-15(8-10-18)14-27-24(33)29-19-12-16(25)11-17(26)13-19/h11-13,15,18H,3-10,14H2,1-2H3,(H2,27,29,33)(H,28,30,31)/t15-,18+. The number of nitrogens with one attached hydrogen (secondary N) is 3. The van der Waals surface area contributed by atoms with E-state index >= 15 is 0 Å². The molecule has 7 nitrogen and oxygen atoms in total. The number of aryl methyl sites for hydroxylation is 1. The van der Waals surface area contributed by atoms with Crippen LogP contribution < -0.4 is 20.9 Å². The molecule has 0 aliphatic heterocycles. The summed E-state index contributed by atoms with van der Waals surface area (Å²) < 4.78 is 26.5. The number of amides is 2. The molecule has 33 heavy (non-hydrogen) atoms. The van der Waals surface area contributed by atoms with Gasteiger partial charge in [-0.25, -0.2) is 18.6 Å². The van der Waals surface area contributed by atoms with Gasteiger partial charge in [0.25, 0.3) is 0 Å². The van der Waals surface area contributed by atoms with Gasteiger partial charge in [-0.1, -0.05) is 0 Å². The Bertz CT molecular complexity index is 971. The van der Waals surface area contributed by atoms with Crippen molar-refractivity contribution < 1.29 is 13.6 Å². The molecule has 0 spiro atoms. The van der Waals surface area contributed by atoms with Crippen LogP contribution in [0.25, 0.3) is 0 Å². The highest BCUT2D eigenvalue weighted by molar-refractivity contribution is 5.89. The Morgan fingerprint density at radius 1 is 1.03 bits per heavy atom. The molecule has 1 heterocycles. The van der Waals surface area contributed by atoms with Gasteiger partial charge >= 0.3 is 6.03 Å². The van der Waals surface area contributed by atoms with E-state index in [1.165, 1.54) is 24.1 Å². The van der Waals surface area contributed by atoms with Crippen molar-refractivity contribution in [1.29, 1.82) is 0 Å². The summed E-state index contributed by atoms with van der Waals surface area (Å²) in [6.07, 6.45) is 8.31. The van der Waals surface area contributed by atoms with Crippen LogP contribution >= 0.6 is 0 Å². The first-order chi connectivity index (χ1) is 15.9. The minimum absolute atomic E-state index is 0.0973. The van der Waals surface area contributed by atoms with Crippen molar-refractivity contribution in [2.45, 2.75) is 57.4 Å². The number of nitrogens with zero attached hydrogens (tertiary/aromatic N) is 3. The summed E-state index contributed by atoms with van der Waals surface area (Å²) in [4.78, 5) is 23.8. The lowest BCUT2D eigenvalue weighted by molar-refractivity contribution is 0.246. The van der Waals surface area contributed by atoms with E-state index in [1.54, 1.807) is 0 Å². The van der Waals surface area contributed by atoms with E-state index in [9.17, 15) is 13.6 Å². The molecule has 0 unspecified atom stereocenters. The van der Waals surface area contributed by atoms with E-state index in [4.69, 9.17) is 9.97 Å². The van der Waals surface area contributed by atoms with Crippen molar-refractivity contribution in [3.8, 4) is 0 Å². The number of carbonyl (C=O) groups is 1. The zero-order valence-corrected chi connectivity index (χ0v) is 19.3. The molecule has 1 saturated carbocycles. The SMILES string of the molecule is CN(C)c1nc(N[C@H]2CC[C@@H](CNC(=O)Nc3cc(F)cc(F)c3)CC2)nc2c1CCCC2. The first kappa shape index (κ1) is 23.2. The van der Waals surface area contributed by atoms with Crippen LogP contribution in [-0.4, -0.2) is 42.7 Å². The van der Waals surface area contributed by atoms with E-state index in [0.29, 0.717) is 24.5 Å². The summed E-state index contributed by atoms with van der Waals surface area (Å²) in [5.41, 5.74) is 2.55. The minimum Gasteiger partial charge on any atom is -0.362 e. The van der Waals surface area contributed by atoms with E-state index < -0.39 is 17.7 Å². The number of hydrogen-bond donors (Lipinski definition) is 3. The third-order valence-corrected chi connectivity index (χ3v) is 6.44. The highest BCUT2D eigenvalue weighted by atomic mass is 19.1. The molecule has 0 saturated heterocycles. The van der Waals surface area contributed by atoms with Crippen molar-refractivity contribution in [1.82, 2.24) is 15.3 Å². The van der Waals surface area contributed by atoms with Gasteiger partial charge in [-0.3, -0.25) is 0 Å². The summed E-state index contributed by atoms with van der Waals surface area (Å²) in [7, 11) is 4.06. The first-order valence-electron chi connectivity index (χ1n) is 11.7. The van der Waals surface area contributed by atoms with Crippen LogP contribution in [0, 0.1) is 17.6 Å². The highest BCUT2D eigenvalue weighted by Gasteiger charge is 2.24. The predicted molar refractivity (Wildman–Crippen MR) is 126 cm³/mol. The van der Waals surface area contributed by atoms with Crippen LogP contribution in [0.5, 0.6) is 0 Å². The average Bonchev–Trinajstić information content (AvgIpc) is 2.77.